The lowest BCUT2D eigenvalue weighted by atomic mass is 10.0. The van der Waals surface area contributed by atoms with E-state index in [0.717, 1.165) is 38.8 Å². The van der Waals surface area contributed by atoms with Crippen LogP contribution in [0, 0.1) is 11.3 Å². The quantitative estimate of drug-likeness (QED) is 0.571. The third-order valence-corrected chi connectivity index (χ3v) is 5.39. The molecule has 1 aliphatic rings. The summed E-state index contributed by atoms with van der Waals surface area (Å²) in [6.07, 6.45) is 5.73. The summed E-state index contributed by atoms with van der Waals surface area (Å²) in [5.41, 5.74) is 4.14. The van der Waals surface area contributed by atoms with Gasteiger partial charge in [0.25, 0.3) is 0 Å². The molecule has 26 heavy (non-hydrogen) atoms. The summed E-state index contributed by atoms with van der Waals surface area (Å²) in [7, 11) is 2.22. The van der Waals surface area contributed by atoms with Crippen LogP contribution in [0.3, 0.4) is 0 Å². The molecule has 138 valence electrons. The Bertz CT molecular complexity index is 684. The molecule has 1 aliphatic carbocycles. The second kappa shape index (κ2) is 10.4. The predicted molar refractivity (Wildman–Crippen MR) is 110 cm³/mol. The maximum absolute atomic E-state index is 7.32. The van der Waals surface area contributed by atoms with E-state index in [1.165, 1.54) is 30.0 Å². The lowest BCUT2D eigenvalue weighted by molar-refractivity contribution is 0.333. The fourth-order valence-corrected chi connectivity index (χ4v) is 3.22. The van der Waals surface area contributed by atoms with E-state index in [9.17, 15) is 0 Å². The summed E-state index contributed by atoms with van der Waals surface area (Å²) < 4.78 is 0. The first-order valence-corrected chi connectivity index (χ1v) is 9.77. The SMILES string of the molecule is CC#N.CN(CCCc1ccc(C2(Cl)CC2)cc1)CCc1ccccc1. The number of nitrogens with zero attached hydrogens (tertiary/aromatic N) is 2. The van der Waals surface area contributed by atoms with E-state index in [2.05, 4.69) is 66.5 Å². The van der Waals surface area contributed by atoms with Gasteiger partial charge in [0.05, 0.1) is 10.9 Å². The van der Waals surface area contributed by atoms with Crippen molar-refractivity contribution in [1.82, 2.24) is 4.90 Å². The Morgan fingerprint density at radius 3 is 2.12 bits per heavy atom. The number of alkyl halides is 1. The highest BCUT2D eigenvalue weighted by Gasteiger charge is 2.41. The van der Waals surface area contributed by atoms with E-state index >= 15 is 0 Å². The molecule has 0 amide bonds. The summed E-state index contributed by atoms with van der Waals surface area (Å²) in [6, 6.07) is 21.4. The topological polar surface area (TPSA) is 27.0 Å². The zero-order valence-electron chi connectivity index (χ0n) is 15.9. The van der Waals surface area contributed by atoms with Crippen LogP contribution < -0.4 is 0 Å². The van der Waals surface area contributed by atoms with Crippen LogP contribution in [0.15, 0.2) is 54.6 Å². The zero-order valence-corrected chi connectivity index (χ0v) is 16.7. The van der Waals surface area contributed by atoms with Crippen LogP contribution in [0.1, 0.15) is 42.9 Å². The van der Waals surface area contributed by atoms with Crippen LogP contribution in [0.4, 0.5) is 0 Å². The van der Waals surface area contributed by atoms with Gasteiger partial charge in [-0.3, -0.25) is 0 Å². The van der Waals surface area contributed by atoms with Crippen LogP contribution in [-0.4, -0.2) is 25.0 Å². The Labute approximate surface area is 163 Å². The number of rotatable bonds is 8. The van der Waals surface area contributed by atoms with Gasteiger partial charge in [-0.1, -0.05) is 54.6 Å². The van der Waals surface area contributed by atoms with Crippen molar-refractivity contribution in [3.63, 3.8) is 0 Å². The van der Waals surface area contributed by atoms with E-state index < -0.39 is 0 Å². The molecule has 2 nitrogen and oxygen atoms in total. The van der Waals surface area contributed by atoms with E-state index in [1.807, 2.05) is 0 Å². The third-order valence-electron chi connectivity index (χ3n) is 4.79. The summed E-state index contributed by atoms with van der Waals surface area (Å²) in [5.74, 6) is 0. The van der Waals surface area contributed by atoms with Gasteiger partial charge in [-0.05, 0) is 62.4 Å². The maximum atomic E-state index is 7.32. The van der Waals surface area contributed by atoms with E-state index in [1.54, 1.807) is 6.07 Å². The predicted octanol–water partition coefficient (Wildman–Crippen LogP) is 5.55. The Morgan fingerprint density at radius 1 is 0.962 bits per heavy atom. The molecule has 0 aromatic heterocycles. The fourth-order valence-electron chi connectivity index (χ4n) is 3.00. The number of hydrogen-bond acceptors (Lipinski definition) is 2. The highest BCUT2D eigenvalue weighted by molar-refractivity contribution is 6.25. The van der Waals surface area contributed by atoms with Crippen molar-refractivity contribution < 1.29 is 0 Å². The molecule has 1 saturated carbocycles. The molecule has 0 aliphatic heterocycles. The number of benzene rings is 2. The average molecular weight is 369 g/mol. The molecule has 2 aromatic carbocycles. The zero-order chi connectivity index (χ0) is 18.8. The molecule has 0 heterocycles. The maximum Gasteiger partial charge on any atom is 0.0696 e. The summed E-state index contributed by atoms with van der Waals surface area (Å²) >= 11 is 6.45. The lowest BCUT2D eigenvalue weighted by Crippen LogP contribution is -2.22. The minimum atomic E-state index is -0.0316. The van der Waals surface area contributed by atoms with Gasteiger partial charge in [-0.2, -0.15) is 5.26 Å². The molecule has 0 radical (unpaired) electrons. The smallest absolute Gasteiger partial charge is 0.0696 e. The average Bonchev–Trinajstić information content (AvgIpc) is 3.41. The second-order valence-electron chi connectivity index (χ2n) is 7.03. The summed E-state index contributed by atoms with van der Waals surface area (Å²) in [5, 5.41) is 7.32. The Balaban J connectivity index is 0.000000758. The second-order valence-corrected chi connectivity index (χ2v) is 7.75. The highest BCUT2D eigenvalue weighted by atomic mass is 35.5. The third kappa shape index (κ3) is 6.83. The molecule has 2 aromatic rings. The molecule has 3 heteroatoms. The normalized spacial score (nSPS) is 14.3. The van der Waals surface area contributed by atoms with Gasteiger partial charge < -0.3 is 4.90 Å². The molecule has 1 fully saturated rings. The number of nitriles is 1. The van der Waals surface area contributed by atoms with Gasteiger partial charge in [0.2, 0.25) is 0 Å². The summed E-state index contributed by atoms with van der Waals surface area (Å²) in [4.78, 5) is 2.40. The van der Waals surface area contributed by atoms with Crippen molar-refractivity contribution in [2.24, 2.45) is 0 Å². The van der Waals surface area contributed by atoms with E-state index in [0.29, 0.717) is 0 Å². The highest BCUT2D eigenvalue weighted by Crippen LogP contribution is 2.51. The minimum Gasteiger partial charge on any atom is -0.306 e. The van der Waals surface area contributed by atoms with Crippen LogP contribution in [-0.2, 0) is 17.7 Å². The van der Waals surface area contributed by atoms with Crippen LogP contribution in [0.5, 0.6) is 0 Å². The van der Waals surface area contributed by atoms with Crippen molar-refractivity contribution >= 4 is 11.6 Å². The largest absolute Gasteiger partial charge is 0.306 e. The van der Waals surface area contributed by atoms with Gasteiger partial charge in [0.15, 0.2) is 0 Å². The first-order valence-electron chi connectivity index (χ1n) is 9.39. The number of halogens is 1. The van der Waals surface area contributed by atoms with Gasteiger partial charge >= 0.3 is 0 Å². The fraction of sp³-hybridized carbons (Fsp3) is 0.435. The molecule has 0 spiro atoms. The van der Waals surface area contributed by atoms with Gasteiger partial charge in [-0.25, -0.2) is 0 Å². The molecule has 0 atom stereocenters. The molecule has 0 N–H and O–H groups in total. The lowest BCUT2D eigenvalue weighted by Gasteiger charge is -2.16. The Morgan fingerprint density at radius 2 is 1.54 bits per heavy atom. The van der Waals surface area contributed by atoms with Crippen molar-refractivity contribution in [3.05, 3.63) is 71.3 Å². The van der Waals surface area contributed by atoms with Crippen LogP contribution in [0.2, 0.25) is 0 Å². The monoisotopic (exact) mass is 368 g/mol. The van der Waals surface area contributed by atoms with Gasteiger partial charge in [-0.15, -0.1) is 11.6 Å². The Hall–Kier alpha value is -1.82. The van der Waals surface area contributed by atoms with Crippen LogP contribution >= 0.6 is 11.6 Å². The van der Waals surface area contributed by atoms with E-state index in [4.69, 9.17) is 16.9 Å². The summed E-state index contributed by atoms with van der Waals surface area (Å²) in [6.45, 7) is 3.70. The first-order chi connectivity index (χ1) is 12.6. The van der Waals surface area contributed by atoms with Gasteiger partial charge in [0.1, 0.15) is 0 Å². The molecule has 0 saturated heterocycles. The van der Waals surface area contributed by atoms with Crippen molar-refractivity contribution in [2.75, 3.05) is 20.1 Å². The standard InChI is InChI=1S/C21H26ClN.C2H3N/c1-23(17-13-18-6-3-2-4-7-18)16-5-8-19-9-11-20(12-10-19)21(22)14-15-21;1-2-3/h2-4,6-7,9-12H,5,8,13-17H2,1H3;1H3. The van der Waals surface area contributed by atoms with E-state index in [-0.39, 0.29) is 4.87 Å². The molecule has 0 unspecified atom stereocenters. The number of likely N-dealkylation sites (N-methyl/N-ethyl adjacent to an activating group) is 1. The number of hydrogen-bond donors (Lipinski definition) is 0. The van der Waals surface area contributed by atoms with Gasteiger partial charge in [0, 0.05) is 13.5 Å². The molecule has 0 bridgehead atoms. The Kier molecular flexibility index (Phi) is 8.16. The molecular weight excluding hydrogens is 340 g/mol. The van der Waals surface area contributed by atoms with Crippen LogP contribution in [0.25, 0.3) is 0 Å². The number of aryl methyl sites for hydroxylation is 1. The minimum absolute atomic E-state index is 0.0316. The van der Waals surface area contributed by atoms with Crippen molar-refractivity contribution in [2.45, 2.75) is 43.9 Å². The van der Waals surface area contributed by atoms with Crippen molar-refractivity contribution in [3.8, 4) is 6.07 Å². The van der Waals surface area contributed by atoms with Crippen molar-refractivity contribution in [1.29, 1.82) is 5.26 Å². The molecule has 3 rings (SSSR count). The molecular formula is C23H29ClN2. The first kappa shape index (κ1) is 20.5.